The molecule has 0 unspecified atom stereocenters. The molecular formula is C12H18N4O2. The lowest BCUT2D eigenvalue weighted by Crippen LogP contribution is -2.33. The van der Waals surface area contributed by atoms with Gasteiger partial charge in [0.05, 0.1) is 6.61 Å². The third kappa shape index (κ3) is 2.96. The number of anilines is 1. The lowest BCUT2D eigenvalue weighted by molar-refractivity contribution is 0.0741. The SMILES string of the molecule is Cc1cc(C(=O)N2CCCOCC2)cc(NN)n1. The maximum Gasteiger partial charge on any atom is 0.254 e. The van der Waals surface area contributed by atoms with Crippen molar-refractivity contribution in [2.75, 3.05) is 31.7 Å². The first-order valence-electron chi connectivity index (χ1n) is 6.03. The van der Waals surface area contributed by atoms with E-state index in [4.69, 9.17) is 10.6 Å². The van der Waals surface area contributed by atoms with Gasteiger partial charge in [-0.3, -0.25) is 4.79 Å². The van der Waals surface area contributed by atoms with Crippen molar-refractivity contribution in [1.82, 2.24) is 9.88 Å². The number of nitrogen functional groups attached to an aromatic ring is 1. The highest BCUT2D eigenvalue weighted by atomic mass is 16.5. The Kier molecular flexibility index (Phi) is 4.11. The van der Waals surface area contributed by atoms with E-state index in [0.717, 1.165) is 25.3 Å². The van der Waals surface area contributed by atoms with Crippen LogP contribution in [0.25, 0.3) is 0 Å². The third-order valence-electron chi connectivity index (χ3n) is 2.86. The van der Waals surface area contributed by atoms with E-state index in [1.807, 2.05) is 11.8 Å². The molecule has 1 aromatic heterocycles. The molecule has 2 rings (SSSR count). The second-order valence-corrected chi connectivity index (χ2v) is 4.28. The normalized spacial score (nSPS) is 16.2. The minimum absolute atomic E-state index is 0.00231. The Labute approximate surface area is 106 Å². The highest BCUT2D eigenvalue weighted by molar-refractivity contribution is 5.95. The fourth-order valence-corrected chi connectivity index (χ4v) is 2.00. The lowest BCUT2D eigenvalue weighted by Gasteiger charge is -2.20. The molecule has 1 aliphatic rings. The zero-order valence-electron chi connectivity index (χ0n) is 10.5. The molecule has 0 aromatic carbocycles. The number of hydrogen-bond acceptors (Lipinski definition) is 5. The summed E-state index contributed by atoms with van der Waals surface area (Å²) in [6, 6.07) is 3.44. The number of carbonyl (C=O) groups excluding carboxylic acids is 1. The first-order valence-corrected chi connectivity index (χ1v) is 6.03. The van der Waals surface area contributed by atoms with E-state index in [-0.39, 0.29) is 5.91 Å². The summed E-state index contributed by atoms with van der Waals surface area (Å²) < 4.78 is 5.34. The Balaban J connectivity index is 2.18. The molecule has 2 heterocycles. The van der Waals surface area contributed by atoms with Crippen LogP contribution in [-0.4, -0.2) is 42.1 Å². The molecule has 6 nitrogen and oxygen atoms in total. The Morgan fingerprint density at radius 1 is 1.44 bits per heavy atom. The van der Waals surface area contributed by atoms with Crippen molar-refractivity contribution in [3.8, 4) is 0 Å². The van der Waals surface area contributed by atoms with Crippen molar-refractivity contribution >= 4 is 11.7 Å². The molecule has 1 aliphatic heterocycles. The number of pyridine rings is 1. The van der Waals surface area contributed by atoms with Crippen LogP contribution in [0.15, 0.2) is 12.1 Å². The molecule has 1 fully saturated rings. The summed E-state index contributed by atoms with van der Waals surface area (Å²) in [5.41, 5.74) is 3.84. The van der Waals surface area contributed by atoms with E-state index >= 15 is 0 Å². The first-order chi connectivity index (χ1) is 8.70. The maximum atomic E-state index is 12.3. The number of nitrogens with zero attached hydrogens (tertiary/aromatic N) is 2. The summed E-state index contributed by atoms with van der Waals surface area (Å²) in [5.74, 6) is 5.84. The smallest absolute Gasteiger partial charge is 0.254 e. The van der Waals surface area contributed by atoms with Crippen molar-refractivity contribution in [1.29, 1.82) is 0 Å². The van der Waals surface area contributed by atoms with Crippen LogP contribution in [0.5, 0.6) is 0 Å². The van der Waals surface area contributed by atoms with Crippen LogP contribution < -0.4 is 11.3 Å². The molecule has 0 spiro atoms. The second kappa shape index (κ2) is 5.79. The number of aromatic nitrogens is 1. The zero-order chi connectivity index (χ0) is 13.0. The lowest BCUT2D eigenvalue weighted by atomic mass is 10.2. The highest BCUT2D eigenvalue weighted by Crippen LogP contribution is 2.13. The number of amides is 1. The van der Waals surface area contributed by atoms with Gasteiger partial charge in [0.1, 0.15) is 5.82 Å². The Morgan fingerprint density at radius 2 is 2.28 bits per heavy atom. The number of nitrogens with one attached hydrogen (secondary N) is 1. The molecule has 0 bridgehead atoms. The molecule has 18 heavy (non-hydrogen) atoms. The van der Waals surface area contributed by atoms with Crippen LogP contribution in [0.4, 0.5) is 5.82 Å². The van der Waals surface area contributed by atoms with Crippen LogP contribution in [0, 0.1) is 6.92 Å². The molecule has 98 valence electrons. The van der Waals surface area contributed by atoms with Gasteiger partial charge in [0, 0.05) is 31.0 Å². The van der Waals surface area contributed by atoms with E-state index in [0.29, 0.717) is 24.5 Å². The fourth-order valence-electron chi connectivity index (χ4n) is 2.00. The van der Waals surface area contributed by atoms with Crippen molar-refractivity contribution < 1.29 is 9.53 Å². The Morgan fingerprint density at radius 3 is 3.06 bits per heavy atom. The van der Waals surface area contributed by atoms with Gasteiger partial charge in [0.25, 0.3) is 5.91 Å². The number of ether oxygens (including phenoxy) is 1. The van der Waals surface area contributed by atoms with Gasteiger partial charge < -0.3 is 15.1 Å². The van der Waals surface area contributed by atoms with Crippen LogP contribution in [0.1, 0.15) is 22.5 Å². The minimum atomic E-state index is 0.00231. The highest BCUT2D eigenvalue weighted by Gasteiger charge is 2.18. The molecule has 0 atom stereocenters. The summed E-state index contributed by atoms with van der Waals surface area (Å²) in [4.78, 5) is 18.3. The van der Waals surface area contributed by atoms with Gasteiger partial charge in [-0.25, -0.2) is 10.8 Å². The molecule has 3 N–H and O–H groups in total. The molecule has 1 saturated heterocycles. The Bertz CT molecular complexity index is 428. The average Bonchev–Trinajstić information content (AvgIpc) is 2.65. The summed E-state index contributed by atoms with van der Waals surface area (Å²) in [6.45, 7) is 4.51. The van der Waals surface area contributed by atoms with E-state index in [1.165, 1.54) is 0 Å². The molecule has 0 aliphatic carbocycles. The molecule has 0 saturated carbocycles. The topological polar surface area (TPSA) is 80.5 Å². The van der Waals surface area contributed by atoms with E-state index in [9.17, 15) is 4.79 Å². The summed E-state index contributed by atoms with van der Waals surface area (Å²) in [5, 5.41) is 0. The molecule has 0 radical (unpaired) electrons. The number of nitrogens with two attached hydrogens (primary N) is 1. The average molecular weight is 250 g/mol. The largest absolute Gasteiger partial charge is 0.380 e. The Hall–Kier alpha value is -1.66. The van der Waals surface area contributed by atoms with E-state index < -0.39 is 0 Å². The van der Waals surface area contributed by atoms with Gasteiger partial charge in [-0.15, -0.1) is 0 Å². The van der Waals surface area contributed by atoms with E-state index in [1.54, 1.807) is 12.1 Å². The summed E-state index contributed by atoms with van der Waals surface area (Å²) >= 11 is 0. The van der Waals surface area contributed by atoms with Crippen LogP contribution in [0.3, 0.4) is 0 Å². The predicted octanol–water partition coefficient (Wildman–Crippen LogP) is 0.538. The molecule has 1 aromatic rings. The van der Waals surface area contributed by atoms with Gasteiger partial charge in [-0.2, -0.15) is 0 Å². The van der Waals surface area contributed by atoms with Gasteiger partial charge in [-0.05, 0) is 25.5 Å². The minimum Gasteiger partial charge on any atom is -0.380 e. The maximum absolute atomic E-state index is 12.3. The summed E-state index contributed by atoms with van der Waals surface area (Å²) in [7, 11) is 0. The molecule has 6 heteroatoms. The van der Waals surface area contributed by atoms with Gasteiger partial charge >= 0.3 is 0 Å². The predicted molar refractivity (Wildman–Crippen MR) is 68.1 cm³/mol. The standard InChI is InChI=1S/C12H18N4O2/c1-9-7-10(8-11(14-9)15-13)12(17)16-3-2-5-18-6-4-16/h7-8H,2-6,13H2,1H3,(H,14,15). The summed E-state index contributed by atoms with van der Waals surface area (Å²) in [6.07, 6.45) is 0.873. The number of hydrazine groups is 1. The number of carbonyl (C=O) groups is 1. The fraction of sp³-hybridized carbons (Fsp3) is 0.500. The molecular weight excluding hydrogens is 232 g/mol. The quantitative estimate of drug-likeness (QED) is 0.591. The van der Waals surface area contributed by atoms with Gasteiger partial charge in [-0.1, -0.05) is 0 Å². The van der Waals surface area contributed by atoms with Crippen molar-refractivity contribution in [3.05, 3.63) is 23.4 Å². The van der Waals surface area contributed by atoms with Crippen molar-refractivity contribution in [2.45, 2.75) is 13.3 Å². The number of rotatable bonds is 2. The third-order valence-corrected chi connectivity index (χ3v) is 2.86. The van der Waals surface area contributed by atoms with E-state index in [2.05, 4.69) is 10.4 Å². The van der Waals surface area contributed by atoms with Gasteiger partial charge in [0.2, 0.25) is 0 Å². The van der Waals surface area contributed by atoms with Gasteiger partial charge in [0.15, 0.2) is 0 Å². The van der Waals surface area contributed by atoms with Crippen LogP contribution in [-0.2, 0) is 4.74 Å². The number of hydrogen-bond donors (Lipinski definition) is 2. The zero-order valence-corrected chi connectivity index (χ0v) is 10.5. The number of aryl methyl sites for hydroxylation is 1. The van der Waals surface area contributed by atoms with Crippen LogP contribution in [0.2, 0.25) is 0 Å². The van der Waals surface area contributed by atoms with Crippen LogP contribution >= 0.6 is 0 Å². The molecule has 1 amide bonds. The second-order valence-electron chi connectivity index (χ2n) is 4.28. The van der Waals surface area contributed by atoms with Crippen molar-refractivity contribution in [3.63, 3.8) is 0 Å². The van der Waals surface area contributed by atoms with Crippen molar-refractivity contribution in [2.24, 2.45) is 5.84 Å². The monoisotopic (exact) mass is 250 g/mol. The first kappa shape index (κ1) is 12.8.